The third-order valence-corrected chi connectivity index (χ3v) is 3.16. The first-order valence-corrected chi connectivity index (χ1v) is 6.50. The number of carboxylic acid groups (broad SMARTS) is 1. The molecule has 0 amide bonds. The van der Waals surface area contributed by atoms with Crippen molar-refractivity contribution in [3.8, 4) is 0 Å². The molecule has 0 atom stereocenters. The van der Waals surface area contributed by atoms with Gasteiger partial charge in [0.25, 0.3) is 0 Å². The number of aromatic nitrogens is 1. The lowest BCUT2D eigenvalue weighted by Crippen LogP contribution is -2.19. The second kappa shape index (κ2) is 5.03. The Morgan fingerprint density at radius 1 is 1.42 bits per heavy atom. The van der Waals surface area contributed by atoms with Gasteiger partial charge in [-0.05, 0) is 29.5 Å². The highest BCUT2D eigenvalue weighted by atomic mass is 16.4. The summed E-state index contributed by atoms with van der Waals surface area (Å²) in [4.78, 5) is 15.3. The van der Waals surface area contributed by atoms with E-state index < -0.39 is 5.97 Å². The standard InChI is InChI=1S/C15H19NO3/c1-4-10-5-6-12-11(7-10)16-13(19-12)8-15(2,3)9-14(17)18/h5-7H,4,8-9H2,1-3H3,(H,17,18). The number of carbonyl (C=O) groups is 1. The average Bonchev–Trinajstić information content (AvgIpc) is 2.66. The molecule has 19 heavy (non-hydrogen) atoms. The minimum absolute atomic E-state index is 0.103. The molecule has 4 nitrogen and oxygen atoms in total. The van der Waals surface area contributed by atoms with E-state index in [0.717, 1.165) is 17.5 Å². The molecule has 0 saturated carbocycles. The normalized spacial score (nSPS) is 11.9. The number of benzene rings is 1. The zero-order valence-corrected chi connectivity index (χ0v) is 11.6. The van der Waals surface area contributed by atoms with Crippen LogP contribution < -0.4 is 0 Å². The first-order valence-electron chi connectivity index (χ1n) is 6.50. The van der Waals surface area contributed by atoms with Crippen LogP contribution in [0.1, 0.15) is 38.6 Å². The van der Waals surface area contributed by atoms with Gasteiger partial charge in [0.2, 0.25) is 0 Å². The summed E-state index contributed by atoms with van der Waals surface area (Å²) in [6.45, 7) is 5.92. The van der Waals surface area contributed by atoms with E-state index >= 15 is 0 Å². The van der Waals surface area contributed by atoms with Gasteiger partial charge >= 0.3 is 5.97 Å². The van der Waals surface area contributed by atoms with Crippen LogP contribution in [-0.4, -0.2) is 16.1 Å². The molecule has 0 aliphatic carbocycles. The second-order valence-corrected chi connectivity index (χ2v) is 5.67. The molecule has 0 saturated heterocycles. The Balaban J connectivity index is 2.24. The quantitative estimate of drug-likeness (QED) is 0.895. The van der Waals surface area contributed by atoms with Gasteiger partial charge in [0.05, 0.1) is 6.42 Å². The molecule has 1 aromatic carbocycles. The summed E-state index contributed by atoms with van der Waals surface area (Å²) in [5.41, 5.74) is 2.47. The summed E-state index contributed by atoms with van der Waals surface area (Å²) >= 11 is 0. The Hall–Kier alpha value is -1.84. The number of carboxylic acids is 1. The van der Waals surface area contributed by atoms with Gasteiger partial charge in [-0.2, -0.15) is 0 Å². The van der Waals surface area contributed by atoms with Crippen molar-refractivity contribution < 1.29 is 14.3 Å². The van der Waals surface area contributed by atoms with Gasteiger partial charge in [0.1, 0.15) is 5.52 Å². The van der Waals surface area contributed by atoms with Gasteiger partial charge in [-0.25, -0.2) is 4.98 Å². The van der Waals surface area contributed by atoms with Crippen LogP contribution in [0.4, 0.5) is 0 Å². The van der Waals surface area contributed by atoms with Crippen molar-refractivity contribution >= 4 is 17.1 Å². The summed E-state index contributed by atoms with van der Waals surface area (Å²) in [7, 11) is 0. The van der Waals surface area contributed by atoms with Gasteiger partial charge in [-0.3, -0.25) is 4.79 Å². The van der Waals surface area contributed by atoms with Crippen molar-refractivity contribution in [3.05, 3.63) is 29.7 Å². The van der Waals surface area contributed by atoms with Crippen LogP contribution in [0.15, 0.2) is 22.6 Å². The van der Waals surface area contributed by atoms with Crippen LogP contribution in [0.25, 0.3) is 11.1 Å². The highest BCUT2D eigenvalue weighted by Gasteiger charge is 2.25. The third kappa shape index (κ3) is 3.34. The Morgan fingerprint density at radius 2 is 2.16 bits per heavy atom. The summed E-state index contributed by atoms with van der Waals surface area (Å²) in [5, 5.41) is 8.88. The number of aliphatic carboxylic acids is 1. The van der Waals surface area contributed by atoms with Gasteiger partial charge in [0, 0.05) is 6.42 Å². The Kier molecular flexibility index (Phi) is 3.60. The molecular weight excluding hydrogens is 242 g/mol. The predicted octanol–water partition coefficient (Wildman–Crippen LogP) is 3.43. The van der Waals surface area contributed by atoms with Crippen LogP contribution in [0.3, 0.4) is 0 Å². The largest absolute Gasteiger partial charge is 0.481 e. The fourth-order valence-electron chi connectivity index (χ4n) is 2.20. The fraction of sp³-hybridized carbons (Fsp3) is 0.467. The van der Waals surface area contributed by atoms with E-state index in [1.807, 2.05) is 32.0 Å². The molecule has 0 spiro atoms. The van der Waals surface area contributed by atoms with E-state index in [9.17, 15) is 4.79 Å². The van der Waals surface area contributed by atoms with Gasteiger partial charge in [-0.15, -0.1) is 0 Å². The molecule has 0 unspecified atom stereocenters. The molecule has 4 heteroatoms. The van der Waals surface area contributed by atoms with Crippen molar-refractivity contribution in [2.24, 2.45) is 5.41 Å². The van der Waals surface area contributed by atoms with E-state index in [1.165, 1.54) is 5.56 Å². The predicted molar refractivity (Wildman–Crippen MR) is 73.1 cm³/mol. The summed E-state index contributed by atoms with van der Waals surface area (Å²) in [5.74, 6) is -0.191. The number of fused-ring (bicyclic) bond motifs is 1. The second-order valence-electron chi connectivity index (χ2n) is 5.67. The van der Waals surface area contributed by atoms with Crippen molar-refractivity contribution in [2.75, 3.05) is 0 Å². The van der Waals surface area contributed by atoms with Crippen LogP contribution >= 0.6 is 0 Å². The maximum absolute atomic E-state index is 10.8. The zero-order chi connectivity index (χ0) is 14.0. The zero-order valence-electron chi connectivity index (χ0n) is 11.6. The molecule has 2 rings (SSSR count). The van der Waals surface area contributed by atoms with Gasteiger partial charge < -0.3 is 9.52 Å². The number of aryl methyl sites for hydroxylation is 1. The van der Waals surface area contributed by atoms with Crippen LogP contribution in [0.5, 0.6) is 0 Å². The first kappa shape index (κ1) is 13.6. The lowest BCUT2D eigenvalue weighted by atomic mass is 9.86. The lowest BCUT2D eigenvalue weighted by Gasteiger charge is -2.19. The van der Waals surface area contributed by atoms with Gasteiger partial charge in [-0.1, -0.05) is 26.8 Å². The van der Waals surface area contributed by atoms with E-state index in [0.29, 0.717) is 12.3 Å². The number of hydrogen-bond donors (Lipinski definition) is 1. The molecule has 1 heterocycles. The van der Waals surface area contributed by atoms with E-state index in [1.54, 1.807) is 0 Å². The highest BCUT2D eigenvalue weighted by molar-refractivity contribution is 5.73. The number of nitrogens with zero attached hydrogens (tertiary/aromatic N) is 1. The summed E-state index contributed by atoms with van der Waals surface area (Å²) in [6.07, 6.45) is 1.59. The third-order valence-electron chi connectivity index (χ3n) is 3.16. The number of rotatable bonds is 5. The molecule has 0 aliphatic heterocycles. The minimum atomic E-state index is -0.797. The van der Waals surface area contributed by atoms with Crippen molar-refractivity contribution in [1.82, 2.24) is 4.98 Å². The smallest absolute Gasteiger partial charge is 0.303 e. The van der Waals surface area contributed by atoms with Crippen LogP contribution in [0.2, 0.25) is 0 Å². The van der Waals surface area contributed by atoms with Crippen LogP contribution in [0, 0.1) is 5.41 Å². The van der Waals surface area contributed by atoms with E-state index in [4.69, 9.17) is 9.52 Å². The molecule has 1 N–H and O–H groups in total. The highest BCUT2D eigenvalue weighted by Crippen LogP contribution is 2.27. The van der Waals surface area contributed by atoms with Crippen LogP contribution in [-0.2, 0) is 17.6 Å². The first-order chi connectivity index (χ1) is 8.89. The van der Waals surface area contributed by atoms with E-state index in [2.05, 4.69) is 11.9 Å². The maximum atomic E-state index is 10.8. The maximum Gasteiger partial charge on any atom is 0.303 e. The molecule has 0 bridgehead atoms. The SMILES string of the molecule is CCc1ccc2oc(CC(C)(C)CC(=O)O)nc2c1. The topological polar surface area (TPSA) is 63.3 Å². The summed E-state index contributed by atoms with van der Waals surface area (Å²) < 4.78 is 5.68. The van der Waals surface area contributed by atoms with Crippen molar-refractivity contribution in [3.63, 3.8) is 0 Å². The molecule has 0 aliphatic rings. The van der Waals surface area contributed by atoms with Gasteiger partial charge in [0.15, 0.2) is 11.5 Å². The van der Waals surface area contributed by atoms with E-state index in [-0.39, 0.29) is 11.8 Å². The average molecular weight is 261 g/mol. The number of hydrogen-bond acceptors (Lipinski definition) is 3. The number of oxazole rings is 1. The molecule has 0 radical (unpaired) electrons. The van der Waals surface area contributed by atoms with Crippen molar-refractivity contribution in [1.29, 1.82) is 0 Å². The molecule has 0 fully saturated rings. The lowest BCUT2D eigenvalue weighted by molar-refractivity contribution is -0.139. The molecule has 1 aromatic heterocycles. The Bertz CT molecular complexity index is 598. The Labute approximate surface area is 112 Å². The van der Waals surface area contributed by atoms with Crippen molar-refractivity contribution in [2.45, 2.75) is 40.0 Å². The molecule has 102 valence electrons. The Morgan fingerprint density at radius 3 is 2.79 bits per heavy atom. The minimum Gasteiger partial charge on any atom is -0.481 e. The molecule has 2 aromatic rings. The summed E-state index contributed by atoms with van der Waals surface area (Å²) in [6, 6.07) is 5.97. The molecular formula is C15H19NO3. The monoisotopic (exact) mass is 261 g/mol. The fourth-order valence-corrected chi connectivity index (χ4v) is 2.20.